The second-order valence-electron chi connectivity index (χ2n) is 5.25. The summed E-state index contributed by atoms with van der Waals surface area (Å²) >= 11 is 3.67. The molecule has 2 aromatic heterocycles. The zero-order valence-corrected chi connectivity index (χ0v) is 15.2. The van der Waals surface area contributed by atoms with Gasteiger partial charge in [-0.05, 0) is 46.2 Å². The van der Waals surface area contributed by atoms with Crippen molar-refractivity contribution in [1.82, 2.24) is 10.3 Å². The van der Waals surface area contributed by atoms with Crippen LogP contribution in [0.25, 0.3) is 0 Å². The van der Waals surface area contributed by atoms with Crippen molar-refractivity contribution in [2.45, 2.75) is 47.2 Å². The lowest BCUT2D eigenvalue weighted by atomic mass is 10.1. The largest absolute Gasteiger partial charge is 0.349 e. The number of thiophene rings is 1. The molecule has 0 bridgehead atoms. The van der Waals surface area contributed by atoms with Gasteiger partial charge in [-0.15, -0.1) is 22.7 Å². The monoisotopic (exact) mass is 323 g/mol. The normalized spacial score (nSPS) is 12.6. The molecular formula is C16H25N3S2. The maximum Gasteiger partial charge on any atom is 0.185 e. The zero-order chi connectivity index (χ0) is 15.4. The summed E-state index contributed by atoms with van der Waals surface area (Å²) in [6.45, 7) is 13.9. The Morgan fingerprint density at radius 2 is 1.95 bits per heavy atom. The topological polar surface area (TPSA) is 28.2 Å². The number of rotatable bonds is 7. The van der Waals surface area contributed by atoms with Crippen LogP contribution in [0, 0.1) is 13.8 Å². The van der Waals surface area contributed by atoms with Crippen molar-refractivity contribution in [3.63, 3.8) is 0 Å². The Labute approximate surface area is 136 Å². The lowest BCUT2D eigenvalue weighted by Gasteiger charge is -2.16. The third kappa shape index (κ3) is 4.05. The molecule has 1 N–H and O–H groups in total. The van der Waals surface area contributed by atoms with Gasteiger partial charge in [-0.2, -0.15) is 0 Å². The molecule has 0 spiro atoms. The van der Waals surface area contributed by atoms with Gasteiger partial charge in [-0.1, -0.05) is 0 Å². The number of nitrogens with one attached hydrogen (secondary N) is 1. The fourth-order valence-corrected chi connectivity index (χ4v) is 4.47. The molecule has 2 aromatic rings. The van der Waals surface area contributed by atoms with Crippen LogP contribution in [0.15, 0.2) is 12.3 Å². The zero-order valence-electron chi connectivity index (χ0n) is 13.6. The molecule has 116 valence electrons. The highest BCUT2D eigenvalue weighted by Gasteiger charge is 2.12. The van der Waals surface area contributed by atoms with Crippen molar-refractivity contribution >= 4 is 27.8 Å². The van der Waals surface area contributed by atoms with Crippen molar-refractivity contribution in [1.29, 1.82) is 0 Å². The molecule has 0 aliphatic rings. The van der Waals surface area contributed by atoms with Crippen LogP contribution in [0.1, 0.15) is 47.0 Å². The molecule has 0 saturated heterocycles. The van der Waals surface area contributed by atoms with Gasteiger partial charge >= 0.3 is 0 Å². The minimum atomic E-state index is 0.383. The molecule has 3 nitrogen and oxygen atoms in total. The lowest BCUT2D eigenvalue weighted by Crippen LogP contribution is -2.21. The van der Waals surface area contributed by atoms with E-state index in [4.69, 9.17) is 0 Å². The molecule has 21 heavy (non-hydrogen) atoms. The summed E-state index contributed by atoms with van der Waals surface area (Å²) in [6, 6.07) is 2.68. The summed E-state index contributed by atoms with van der Waals surface area (Å²) in [5, 5.41) is 4.75. The number of hydrogen-bond donors (Lipinski definition) is 1. The SMILES string of the molecule is CCN(CC)c1ncc(CNC(C)c2cc(C)sc2C)s1. The highest BCUT2D eigenvalue weighted by atomic mass is 32.1. The average molecular weight is 324 g/mol. The highest BCUT2D eigenvalue weighted by molar-refractivity contribution is 7.15. The molecule has 0 saturated carbocycles. The van der Waals surface area contributed by atoms with Gasteiger partial charge in [0.25, 0.3) is 0 Å². The van der Waals surface area contributed by atoms with E-state index in [9.17, 15) is 0 Å². The Balaban J connectivity index is 1.95. The minimum absolute atomic E-state index is 0.383. The summed E-state index contributed by atoms with van der Waals surface area (Å²) in [5.41, 5.74) is 1.42. The molecule has 5 heteroatoms. The predicted molar refractivity (Wildman–Crippen MR) is 94.7 cm³/mol. The van der Waals surface area contributed by atoms with Gasteiger partial charge in [0.15, 0.2) is 5.13 Å². The number of aromatic nitrogens is 1. The molecule has 2 heterocycles. The third-order valence-electron chi connectivity index (χ3n) is 3.70. The molecule has 2 rings (SSSR count). The molecule has 1 unspecified atom stereocenters. The summed E-state index contributed by atoms with van der Waals surface area (Å²) in [7, 11) is 0. The van der Waals surface area contributed by atoms with Crippen LogP contribution in [0.2, 0.25) is 0 Å². The van der Waals surface area contributed by atoms with Crippen LogP contribution in [-0.2, 0) is 6.54 Å². The van der Waals surface area contributed by atoms with Gasteiger partial charge in [0.1, 0.15) is 0 Å². The Bertz CT molecular complexity index is 570. The maximum absolute atomic E-state index is 4.54. The van der Waals surface area contributed by atoms with E-state index in [1.54, 1.807) is 11.3 Å². The second-order valence-corrected chi connectivity index (χ2v) is 7.81. The fraction of sp³-hybridized carbons (Fsp3) is 0.562. The van der Waals surface area contributed by atoms with Crippen LogP contribution in [0.5, 0.6) is 0 Å². The van der Waals surface area contributed by atoms with Crippen molar-refractivity contribution in [2.75, 3.05) is 18.0 Å². The molecule has 0 aliphatic carbocycles. The molecule has 0 radical (unpaired) electrons. The molecule has 0 aromatic carbocycles. The summed E-state index contributed by atoms with van der Waals surface area (Å²) in [5.74, 6) is 0. The van der Waals surface area contributed by atoms with Crippen LogP contribution in [0.3, 0.4) is 0 Å². The van der Waals surface area contributed by atoms with Gasteiger partial charge < -0.3 is 10.2 Å². The lowest BCUT2D eigenvalue weighted by molar-refractivity contribution is 0.578. The van der Waals surface area contributed by atoms with Crippen LogP contribution in [-0.4, -0.2) is 18.1 Å². The first-order valence-corrected chi connectivity index (χ1v) is 9.18. The van der Waals surface area contributed by atoms with Gasteiger partial charge in [0.2, 0.25) is 0 Å². The number of anilines is 1. The molecule has 0 amide bonds. The Morgan fingerprint density at radius 3 is 2.52 bits per heavy atom. The number of aryl methyl sites for hydroxylation is 2. The number of nitrogens with zero attached hydrogens (tertiary/aromatic N) is 2. The van der Waals surface area contributed by atoms with Gasteiger partial charge in [-0.3, -0.25) is 0 Å². The molecule has 0 aliphatic heterocycles. The first-order valence-electron chi connectivity index (χ1n) is 7.55. The van der Waals surface area contributed by atoms with Gasteiger partial charge in [-0.25, -0.2) is 4.98 Å². The van der Waals surface area contributed by atoms with Crippen LogP contribution >= 0.6 is 22.7 Å². The van der Waals surface area contributed by atoms with Crippen LogP contribution < -0.4 is 10.2 Å². The Hall–Kier alpha value is -0.910. The van der Waals surface area contributed by atoms with E-state index in [0.717, 1.165) is 24.8 Å². The van der Waals surface area contributed by atoms with Crippen molar-refractivity contribution in [3.8, 4) is 0 Å². The van der Waals surface area contributed by atoms with E-state index in [-0.39, 0.29) is 0 Å². The predicted octanol–water partition coefficient (Wildman–Crippen LogP) is 4.52. The third-order valence-corrected chi connectivity index (χ3v) is 5.74. The van der Waals surface area contributed by atoms with E-state index < -0.39 is 0 Å². The summed E-state index contributed by atoms with van der Waals surface area (Å²) in [6.07, 6.45) is 2.00. The van der Waals surface area contributed by atoms with Crippen molar-refractivity contribution in [2.24, 2.45) is 0 Å². The van der Waals surface area contributed by atoms with E-state index in [1.165, 1.54) is 20.2 Å². The van der Waals surface area contributed by atoms with E-state index >= 15 is 0 Å². The maximum atomic E-state index is 4.54. The van der Waals surface area contributed by atoms with Crippen molar-refractivity contribution in [3.05, 3.63) is 32.5 Å². The smallest absolute Gasteiger partial charge is 0.185 e. The number of thiazole rings is 1. The first kappa shape index (κ1) is 16.5. The minimum Gasteiger partial charge on any atom is -0.349 e. The number of hydrogen-bond acceptors (Lipinski definition) is 5. The average Bonchev–Trinajstić information content (AvgIpc) is 3.04. The van der Waals surface area contributed by atoms with E-state index in [0.29, 0.717) is 6.04 Å². The van der Waals surface area contributed by atoms with Gasteiger partial charge in [0, 0.05) is 46.5 Å². The second kappa shape index (κ2) is 7.38. The van der Waals surface area contributed by atoms with Gasteiger partial charge in [0.05, 0.1) is 0 Å². The van der Waals surface area contributed by atoms with Crippen molar-refractivity contribution < 1.29 is 0 Å². The Morgan fingerprint density at radius 1 is 1.24 bits per heavy atom. The summed E-state index contributed by atoms with van der Waals surface area (Å²) in [4.78, 5) is 10.9. The van der Waals surface area contributed by atoms with E-state index in [2.05, 4.69) is 55.9 Å². The fourth-order valence-electron chi connectivity index (χ4n) is 2.46. The molecule has 1 atom stereocenters. The Kier molecular flexibility index (Phi) is 5.79. The standard InChI is InChI=1S/C16H25N3S2/c1-6-19(7-2)16-18-10-14(21-16)9-17-12(4)15-8-11(3)20-13(15)5/h8,10,12,17H,6-7,9H2,1-5H3. The van der Waals surface area contributed by atoms with Crippen LogP contribution in [0.4, 0.5) is 5.13 Å². The first-order chi connectivity index (χ1) is 10.0. The quantitative estimate of drug-likeness (QED) is 0.812. The molecule has 0 fully saturated rings. The summed E-state index contributed by atoms with van der Waals surface area (Å²) < 4.78 is 0. The van der Waals surface area contributed by atoms with E-state index in [1.807, 2.05) is 17.5 Å². The highest BCUT2D eigenvalue weighted by Crippen LogP contribution is 2.27. The molecular weight excluding hydrogens is 298 g/mol.